The molecule has 0 aliphatic heterocycles. The van der Waals surface area contributed by atoms with E-state index in [1.807, 2.05) is 30.6 Å². The first-order valence-corrected chi connectivity index (χ1v) is 6.97. The van der Waals surface area contributed by atoms with Gasteiger partial charge in [-0.1, -0.05) is 12.1 Å². The van der Waals surface area contributed by atoms with Crippen LogP contribution in [0.1, 0.15) is 22.0 Å². The molecular formula is C13H13BrFNS. The van der Waals surface area contributed by atoms with Crippen molar-refractivity contribution in [3.8, 4) is 0 Å². The Balaban J connectivity index is 2.42. The van der Waals surface area contributed by atoms with Crippen LogP contribution >= 0.6 is 27.3 Å². The largest absolute Gasteiger partial charge is 0.309 e. The quantitative estimate of drug-likeness (QED) is 0.892. The zero-order chi connectivity index (χ0) is 12.4. The number of benzene rings is 1. The van der Waals surface area contributed by atoms with Gasteiger partial charge in [0.05, 0.1) is 6.04 Å². The molecule has 2 aromatic rings. The molecule has 1 unspecified atom stereocenters. The van der Waals surface area contributed by atoms with E-state index in [1.165, 1.54) is 0 Å². The number of nitrogens with one attached hydrogen (secondary N) is 1. The van der Waals surface area contributed by atoms with Gasteiger partial charge < -0.3 is 5.32 Å². The van der Waals surface area contributed by atoms with E-state index in [0.717, 1.165) is 14.9 Å². The standard InChI is InChI=1S/C13H13BrFNS/c1-8-3-4-9(7-11(8)15)12(16-2)13-10(14)5-6-17-13/h3-7,12,16H,1-2H3. The molecule has 0 aliphatic carbocycles. The highest BCUT2D eigenvalue weighted by Gasteiger charge is 2.17. The van der Waals surface area contributed by atoms with Gasteiger partial charge in [0.1, 0.15) is 5.82 Å². The van der Waals surface area contributed by atoms with Crippen LogP contribution in [0.3, 0.4) is 0 Å². The summed E-state index contributed by atoms with van der Waals surface area (Å²) in [6, 6.07) is 7.42. The zero-order valence-corrected chi connectivity index (χ0v) is 12.0. The van der Waals surface area contributed by atoms with E-state index in [0.29, 0.717) is 5.56 Å². The highest BCUT2D eigenvalue weighted by Crippen LogP contribution is 2.33. The Morgan fingerprint density at radius 2 is 2.12 bits per heavy atom. The maximum absolute atomic E-state index is 13.6. The van der Waals surface area contributed by atoms with E-state index < -0.39 is 0 Å². The molecule has 0 saturated carbocycles. The molecule has 1 aromatic heterocycles. The van der Waals surface area contributed by atoms with Crippen LogP contribution in [0, 0.1) is 12.7 Å². The number of hydrogen-bond acceptors (Lipinski definition) is 2. The molecule has 0 radical (unpaired) electrons. The molecule has 0 bridgehead atoms. The van der Waals surface area contributed by atoms with Crippen LogP contribution in [0.25, 0.3) is 0 Å². The smallest absolute Gasteiger partial charge is 0.126 e. The fourth-order valence-corrected chi connectivity index (χ4v) is 3.49. The van der Waals surface area contributed by atoms with Crippen molar-refractivity contribution >= 4 is 27.3 Å². The summed E-state index contributed by atoms with van der Waals surface area (Å²) in [5, 5.41) is 5.24. The van der Waals surface area contributed by atoms with Gasteiger partial charge in [-0.2, -0.15) is 0 Å². The van der Waals surface area contributed by atoms with Crippen LogP contribution < -0.4 is 5.32 Å². The number of halogens is 2. The van der Waals surface area contributed by atoms with Gasteiger partial charge in [-0.25, -0.2) is 4.39 Å². The monoisotopic (exact) mass is 313 g/mol. The fraction of sp³-hybridized carbons (Fsp3) is 0.231. The van der Waals surface area contributed by atoms with E-state index in [2.05, 4.69) is 21.2 Å². The summed E-state index contributed by atoms with van der Waals surface area (Å²) in [4.78, 5) is 1.16. The molecule has 1 atom stereocenters. The number of thiophene rings is 1. The first-order chi connectivity index (χ1) is 8.13. The minimum Gasteiger partial charge on any atom is -0.309 e. The molecule has 1 N–H and O–H groups in total. The fourth-order valence-electron chi connectivity index (χ4n) is 1.75. The molecule has 17 heavy (non-hydrogen) atoms. The molecule has 0 amide bonds. The summed E-state index contributed by atoms with van der Waals surface area (Å²) in [7, 11) is 1.88. The first kappa shape index (κ1) is 12.7. The molecule has 1 aromatic carbocycles. The van der Waals surface area contributed by atoms with Crippen LogP contribution in [0.2, 0.25) is 0 Å². The lowest BCUT2D eigenvalue weighted by molar-refractivity contribution is 0.609. The van der Waals surface area contributed by atoms with Gasteiger partial charge in [-0.3, -0.25) is 0 Å². The molecular weight excluding hydrogens is 301 g/mol. The molecule has 0 fully saturated rings. The van der Waals surface area contributed by atoms with Crippen molar-refractivity contribution in [3.63, 3.8) is 0 Å². The summed E-state index contributed by atoms with van der Waals surface area (Å²) in [5.74, 6) is -0.157. The summed E-state index contributed by atoms with van der Waals surface area (Å²) in [6.07, 6.45) is 0. The molecule has 2 rings (SSSR count). The Kier molecular flexibility index (Phi) is 3.97. The van der Waals surface area contributed by atoms with Gasteiger partial charge in [0, 0.05) is 9.35 Å². The van der Waals surface area contributed by atoms with E-state index >= 15 is 0 Å². The third-order valence-corrected chi connectivity index (χ3v) is 4.66. The lowest BCUT2D eigenvalue weighted by Crippen LogP contribution is -2.17. The Bertz CT molecular complexity index is 524. The van der Waals surface area contributed by atoms with Crippen molar-refractivity contribution in [1.29, 1.82) is 0 Å². The van der Waals surface area contributed by atoms with Gasteiger partial charge in [-0.05, 0) is 58.5 Å². The minimum atomic E-state index is -0.157. The molecule has 4 heteroatoms. The summed E-state index contributed by atoms with van der Waals surface area (Å²) >= 11 is 5.17. The Labute approximate surface area is 113 Å². The van der Waals surface area contributed by atoms with Crippen molar-refractivity contribution in [2.45, 2.75) is 13.0 Å². The Morgan fingerprint density at radius 1 is 1.35 bits per heavy atom. The lowest BCUT2D eigenvalue weighted by Gasteiger charge is -2.16. The van der Waals surface area contributed by atoms with Gasteiger partial charge in [0.25, 0.3) is 0 Å². The van der Waals surface area contributed by atoms with Crippen LogP contribution in [0.15, 0.2) is 34.1 Å². The molecule has 0 aliphatic rings. The van der Waals surface area contributed by atoms with Crippen molar-refractivity contribution in [2.75, 3.05) is 7.05 Å². The van der Waals surface area contributed by atoms with Crippen LogP contribution in [0.5, 0.6) is 0 Å². The number of hydrogen-bond donors (Lipinski definition) is 1. The third-order valence-electron chi connectivity index (χ3n) is 2.72. The second-order valence-electron chi connectivity index (χ2n) is 3.86. The number of aryl methyl sites for hydroxylation is 1. The predicted molar refractivity (Wildman–Crippen MR) is 74.1 cm³/mol. The highest BCUT2D eigenvalue weighted by molar-refractivity contribution is 9.10. The maximum atomic E-state index is 13.6. The van der Waals surface area contributed by atoms with Crippen LogP contribution in [-0.4, -0.2) is 7.05 Å². The van der Waals surface area contributed by atoms with E-state index in [-0.39, 0.29) is 11.9 Å². The van der Waals surface area contributed by atoms with Gasteiger partial charge in [0.2, 0.25) is 0 Å². The van der Waals surface area contributed by atoms with Crippen LogP contribution in [-0.2, 0) is 0 Å². The highest BCUT2D eigenvalue weighted by atomic mass is 79.9. The van der Waals surface area contributed by atoms with Crippen molar-refractivity contribution in [1.82, 2.24) is 5.32 Å². The summed E-state index contributed by atoms with van der Waals surface area (Å²) in [5.41, 5.74) is 1.62. The van der Waals surface area contributed by atoms with E-state index in [4.69, 9.17) is 0 Å². The summed E-state index contributed by atoms with van der Waals surface area (Å²) in [6.45, 7) is 1.77. The van der Waals surface area contributed by atoms with Crippen molar-refractivity contribution in [3.05, 3.63) is 55.9 Å². The topological polar surface area (TPSA) is 12.0 Å². The Hall–Kier alpha value is -0.710. The molecule has 0 saturated heterocycles. The number of rotatable bonds is 3. The summed E-state index contributed by atoms with van der Waals surface area (Å²) < 4.78 is 14.6. The van der Waals surface area contributed by atoms with Gasteiger partial charge >= 0.3 is 0 Å². The average molecular weight is 314 g/mol. The first-order valence-electron chi connectivity index (χ1n) is 5.29. The van der Waals surface area contributed by atoms with E-state index in [9.17, 15) is 4.39 Å². The Morgan fingerprint density at radius 3 is 2.65 bits per heavy atom. The second kappa shape index (κ2) is 5.29. The molecule has 0 spiro atoms. The van der Waals surface area contributed by atoms with Gasteiger partial charge in [0.15, 0.2) is 0 Å². The molecule has 1 heterocycles. The lowest BCUT2D eigenvalue weighted by atomic mass is 10.0. The zero-order valence-electron chi connectivity index (χ0n) is 9.63. The van der Waals surface area contributed by atoms with Crippen LogP contribution in [0.4, 0.5) is 4.39 Å². The van der Waals surface area contributed by atoms with Crippen molar-refractivity contribution in [2.24, 2.45) is 0 Å². The van der Waals surface area contributed by atoms with Crippen molar-refractivity contribution < 1.29 is 4.39 Å². The second-order valence-corrected chi connectivity index (χ2v) is 5.67. The predicted octanol–water partition coefficient (Wildman–Crippen LogP) is 4.27. The third kappa shape index (κ3) is 2.59. The van der Waals surface area contributed by atoms with E-state index in [1.54, 1.807) is 24.3 Å². The van der Waals surface area contributed by atoms with Gasteiger partial charge in [-0.15, -0.1) is 11.3 Å². The average Bonchev–Trinajstić information content (AvgIpc) is 2.71. The normalized spacial score (nSPS) is 12.7. The molecule has 90 valence electrons. The SMILES string of the molecule is CNC(c1ccc(C)c(F)c1)c1sccc1Br. The molecule has 1 nitrogen and oxygen atoms in total. The minimum absolute atomic E-state index is 0.0273. The maximum Gasteiger partial charge on any atom is 0.126 e.